The SMILES string of the molecule is CCCC(=O)NC1CCN(S(=O)(=O)CC(C)CCl)CC1. The van der Waals surface area contributed by atoms with Gasteiger partial charge in [-0.3, -0.25) is 4.79 Å². The van der Waals surface area contributed by atoms with Crippen LogP contribution in [0.15, 0.2) is 0 Å². The van der Waals surface area contributed by atoms with Gasteiger partial charge in [-0.1, -0.05) is 13.8 Å². The normalized spacial score (nSPS) is 19.8. The van der Waals surface area contributed by atoms with Crippen molar-refractivity contribution in [3.63, 3.8) is 0 Å². The maximum Gasteiger partial charge on any atom is 0.220 e. The van der Waals surface area contributed by atoms with E-state index in [1.165, 1.54) is 4.31 Å². The molecule has 1 N–H and O–H groups in total. The van der Waals surface area contributed by atoms with Gasteiger partial charge in [-0.05, 0) is 25.2 Å². The Balaban J connectivity index is 2.43. The number of alkyl halides is 1. The summed E-state index contributed by atoms with van der Waals surface area (Å²) in [5, 5.41) is 2.96. The number of hydrogen-bond donors (Lipinski definition) is 1. The van der Waals surface area contributed by atoms with Crippen LogP contribution in [0.25, 0.3) is 0 Å². The number of nitrogens with zero attached hydrogens (tertiary/aromatic N) is 1. The molecule has 7 heteroatoms. The fraction of sp³-hybridized carbons (Fsp3) is 0.923. The van der Waals surface area contributed by atoms with Crippen LogP contribution in [0, 0.1) is 5.92 Å². The van der Waals surface area contributed by atoms with E-state index in [0.717, 1.165) is 6.42 Å². The van der Waals surface area contributed by atoms with Crippen LogP contribution in [0.1, 0.15) is 39.5 Å². The lowest BCUT2D eigenvalue weighted by molar-refractivity contribution is -0.122. The molecule has 1 aliphatic heterocycles. The lowest BCUT2D eigenvalue weighted by Gasteiger charge is -2.32. The Morgan fingerprint density at radius 2 is 2.00 bits per heavy atom. The van der Waals surface area contributed by atoms with Crippen LogP contribution in [0.2, 0.25) is 0 Å². The monoisotopic (exact) mass is 324 g/mol. The van der Waals surface area contributed by atoms with Crippen molar-refractivity contribution in [2.24, 2.45) is 5.92 Å². The molecule has 20 heavy (non-hydrogen) atoms. The molecule has 1 fully saturated rings. The first kappa shape index (κ1) is 17.7. The molecular formula is C13H25ClN2O3S. The number of amides is 1. The number of hydrogen-bond acceptors (Lipinski definition) is 3. The smallest absolute Gasteiger partial charge is 0.220 e. The average Bonchev–Trinajstić information content (AvgIpc) is 2.39. The second-order valence-electron chi connectivity index (χ2n) is 5.53. The Kier molecular flexibility index (Phi) is 7.26. The van der Waals surface area contributed by atoms with E-state index >= 15 is 0 Å². The van der Waals surface area contributed by atoms with E-state index in [1.54, 1.807) is 0 Å². The third kappa shape index (κ3) is 5.58. The molecular weight excluding hydrogens is 300 g/mol. The minimum Gasteiger partial charge on any atom is -0.353 e. The summed E-state index contributed by atoms with van der Waals surface area (Å²) >= 11 is 5.68. The molecule has 5 nitrogen and oxygen atoms in total. The third-order valence-electron chi connectivity index (χ3n) is 3.45. The molecule has 1 atom stereocenters. The molecule has 0 aromatic heterocycles. The van der Waals surface area contributed by atoms with Gasteiger partial charge in [0.2, 0.25) is 15.9 Å². The highest BCUT2D eigenvalue weighted by atomic mass is 35.5. The topological polar surface area (TPSA) is 66.5 Å². The van der Waals surface area contributed by atoms with E-state index in [1.807, 2.05) is 13.8 Å². The molecule has 0 aromatic rings. The summed E-state index contributed by atoms with van der Waals surface area (Å²) in [6.45, 7) is 4.76. The van der Waals surface area contributed by atoms with Crippen LogP contribution in [0.5, 0.6) is 0 Å². The van der Waals surface area contributed by atoms with E-state index in [2.05, 4.69) is 5.32 Å². The van der Waals surface area contributed by atoms with Gasteiger partial charge in [0, 0.05) is 31.4 Å². The molecule has 118 valence electrons. The molecule has 1 amide bonds. The Hall–Kier alpha value is -0.330. The Labute approximate surface area is 127 Å². The minimum absolute atomic E-state index is 0.0383. The standard InChI is InChI=1S/C13H25ClN2O3S/c1-3-4-13(17)15-12-5-7-16(8-6-12)20(18,19)10-11(2)9-14/h11-12H,3-10H2,1-2H3,(H,15,17). The van der Waals surface area contributed by atoms with Crippen LogP contribution in [-0.4, -0.2) is 49.4 Å². The first-order chi connectivity index (χ1) is 9.39. The second kappa shape index (κ2) is 8.20. The van der Waals surface area contributed by atoms with Gasteiger partial charge in [0.15, 0.2) is 0 Å². The molecule has 0 aliphatic carbocycles. The van der Waals surface area contributed by atoms with Gasteiger partial charge < -0.3 is 5.32 Å². The highest BCUT2D eigenvalue weighted by Gasteiger charge is 2.29. The van der Waals surface area contributed by atoms with Crippen molar-refractivity contribution in [2.75, 3.05) is 24.7 Å². The van der Waals surface area contributed by atoms with Crippen molar-refractivity contribution in [1.82, 2.24) is 9.62 Å². The molecule has 1 heterocycles. The number of halogens is 1. The zero-order valence-corrected chi connectivity index (χ0v) is 13.8. The van der Waals surface area contributed by atoms with Crippen molar-refractivity contribution in [1.29, 1.82) is 0 Å². The number of rotatable bonds is 7. The summed E-state index contributed by atoms with van der Waals surface area (Å²) in [6, 6.07) is 0.103. The largest absolute Gasteiger partial charge is 0.353 e. The average molecular weight is 325 g/mol. The number of piperidine rings is 1. The van der Waals surface area contributed by atoms with Gasteiger partial charge in [0.1, 0.15) is 0 Å². The molecule has 0 radical (unpaired) electrons. The van der Waals surface area contributed by atoms with Gasteiger partial charge in [-0.25, -0.2) is 12.7 Å². The van der Waals surface area contributed by atoms with Gasteiger partial charge in [0.05, 0.1) is 5.75 Å². The minimum atomic E-state index is -3.22. The summed E-state index contributed by atoms with van der Waals surface area (Å²) in [6.07, 6.45) is 2.73. The highest BCUT2D eigenvalue weighted by Crippen LogP contribution is 2.17. The molecule has 0 bridgehead atoms. The molecule has 0 saturated carbocycles. The predicted molar refractivity (Wildman–Crippen MR) is 81.3 cm³/mol. The summed E-state index contributed by atoms with van der Waals surface area (Å²) in [4.78, 5) is 11.5. The van der Waals surface area contributed by atoms with E-state index in [9.17, 15) is 13.2 Å². The zero-order chi connectivity index (χ0) is 15.2. The zero-order valence-electron chi connectivity index (χ0n) is 12.3. The Morgan fingerprint density at radius 3 is 2.50 bits per heavy atom. The number of nitrogens with one attached hydrogen (secondary N) is 1. The van der Waals surface area contributed by atoms with Crippen LogP contribution in [0.4, 0.5) is 0 Å². The quantitative estimate of drug-likeness (QED) is 0.723. The Morgan fingerprint density at radius 1 is 1.40 bits per heavy atom. The fourth-order valence-electron chi connectivity index (χ4n) is 2.31. The predicted octanol–water partition coefficient (Wildman–Crippen LogP) is 1.57. The summed E-state index contributed by atoms with van der Waals surface area (Å²) in [7, 11) is -3.22. The summed E-state index contributed by atoms with van der Waals surface area (Å²) in [5.74, 6) is 0.472. The van der Waals surface area contributed by atoms with E-state index in [0.29, 0.717) is 38.2 Å². The summed E-state index contributed by atoms with van der Waals surface area (Å²) < 4.78 is 25.9. The van der Waals surface area contributed by atoms with Crippen molar-refractivity contribution in [2.45, 2.75) is 45.6 Å². The first-order valence-electron chi connectivity index (χ1n) is 7.22. The molecule has 1 saturated heterocycles. The summed E-state index contributed by atoms with van der Waals surface area (Å²) in [5.41, 5.74) is 0. The molecule has 1 rings (SSSR count). The Bertz CT molecular complexity index is 406. The van der Waals surface area contributed by atoms with Crippen molar-refractivity contribution >= 4 is 27.5 Å². The van der Waals surface area contributed by atoms with Crippen molar-refractivity contribution < 1.29 is 13.2 Å². The van der Waals surface area contributed by atoms with E-state index in [4.69, 9.17) is 11.6 Å². The van der Waals surface area contributed by atoms with Crippen LogP contribution < -0.4 is 5.32 Å². The van der Waals surface area contributed by atoms with Crippen LogP contribution in [0.3, 0.4) is 0 Å². The number of carbonyl (C=O) groups excluding carboxylic acids is 1. The number of carbonyl (C=O) groups is 1. The van der Waals surface area contributed by atoms with Crippen molar-refractivity contribution in [3.8, 4) is 0 Å². The molecule has 1 unspecified atom stereocenters. The van der Waals surface area contributed by atoms with Gasteiger partial charge >= 0.3 is 0 Å². The molecule has 0 spiro atoms. The fourth-order valence-corrected chi connectivity index (χ4v) is 4.37. The van der Waals surface area contributed by atoms with Gasteiger partial charge in [0.25, 0.3) is 0 Å². The third-order valence-corrected chi connectivity index (χ3v) is 6.12. The highest BCUT2D eigenvalue weighted by molar-refractivity contribution is 7.89. The van der Waals surface area contributed by atoms with Crippen molar-refractivity contribution in [3.05, 3.63) is 0 Å². The second-order valence-corrected chi connectivity index (χ2v) is 7.85. The number of sulfonamides is 1. The lowest BCUT2D eigenvalue weighted by Crippen LogP contribution is -2.47. The molecule has 1 aliphatic rings. The van der Waals surface area contributed by atoms with Gasteiger partial charge in [-0.2, -0.15) is 0 Å². The maximum atomic E-state index is 12.2. The molecule has 0 aromatic carbocycles. The van der Waals surface area contributed by atoms with Gasteiger partial charge in [-0.15, -0.1) is 11.6 Å². The van der Waals surface area contributed by atoms with E-state index in [-0.39, 0.29) is 23.6 Å². The van der Waals surface area contributed by atoms with Crippen LogP contribution >= 0.6 is 11.6 Å². The maximum absolute atomic E-state index is 12.2. The first-order valence-corrected chi connectivity index (χ1v) is 9.36. The van der Waals surface area contributed by atoms with E-state index < -0.39 is 10.0 Å². The lowest BCUT2D eigenvalue weighted by atomic mass is 10.1. The van der Waals surface area contributed by atoms with Crippen LogP contribution in [-0.2, 0) is 14.8 Å².